The molecule has 2 fully saturated rings. The lowest BCUT2D eigenvalue weighted by Gasteiger charge is -2.52. The molecule has 0 aliphatic heterocycles. The second-order valence-corrected chi connectivity index (χ2v) is 14.1. The zero-order valence-corrected chi connectivity index (χ0v) is 26.0. The van der Waals surface area contributed by atoms with Crippen molar-refractivity contribution in [2.24, 2.45) is 29.1 Å². The van der Waals surface area contributed by atoms with Gasteiger partial charge in [-0.25, -0.2) is 0 Å². The molecule has 0 radical (unpaired) electrons. The van der Waals surface area contributed by atoms with Crippen LogP contribution in [0.3, 0.4) is 0 Å². The van der Waals surface area contributed by atoms with E-state index in [1.807, 2.05) is 13.8 Å². The summed E-state index contributed by atoms with van der Waals surface area (Å²) in [4.78, 5) is 26.2. The molecule has 4 rings (SSSR count). The summed E-state index contributed by atoms with van der Waals surface area (Å²) in [5.41, 5.74) is -4.54. The predicted octanol–water partition coefficient (Wildman–Crippen LogP) is 5.43. The molecule has 2 saturated carbocycles. The SMILES string of the molecule is CCCCCCCCCCCCCC(=O)O[C@@]12[C@H](O)[C@@H](C)[C@]3(O)C4C=C(C)C(=O)[C@@]4(O)CC(CO)=C[C@H]3[C@@H]1C2(C)C.[HH]. The Bertz CT molecular complexity index is 1050. The number of carbonyl (C=O) groups excluding carboxylic acids is 2. The summed E-state index contributed by atoms with van der Waals surface area (Å²) in [6, 6.07) is 0. The van der Waals surface area contributed by atoms with Crippen LogP contribution in [0, 0.1) is 29.1 Å². The molecular weight excluding hydrogens is 520 g/mol. The van der Waals surface area contributed by atoms with Crippen molar-refractivity contribution in [3.63, 3.8) is 0 Å². The minimum absolute atomic E-state index is 0. The van der Waals surface area contributed by atoms with Crippen LogP contribution in [0.5, 0.6) is 0 Å². The number of aliphatic hydroxyl groups excluding tert-OH is 2. The maximum absolute atomic E-state index is 13.1. The molecule has 0 spiro atoms. The van der Waals surface area contributed by atoms with Gasteiger partial charge >= 0.3 is 5.97 Å². The standard InChI is InChI=1S/C34H54O7.H2/c1-6-7-8-9-10-11-12-13-14-15-16-17-27(36)41-34-28(31(34,4)5)25-19-24(21-35)20-32(39)26(18-22(2)29(32)37)33(25,40)23(3)30(34)38;/h18-19,23,25-26,28,30,35,38-40H,6-17,20-21H2,1-5H3;1H/t23-,25+,26?,28-,30-,32-,33-,34-;/m1./s1. The van der Waals surface area contributed by atoms with Gasteiger partial charge in [0.1, 0.15) is 11.2 Å². The number of ether oxygens (including phenoxy) is 1. The fourth-order valence-corrected chi connectivity index (χ4v) is 8.84. The van der Waals surface area contributed by atoms with Crippen LogP contribution in [-0.4, -0.2) is 61.7 Å². The number of fused-ring (bicyclic) bond motifs is 5. The Kier molecular flexibility index (Phi) is 9.65. The van der Waals surface area contributed by atoms with E-state index >= 15 is 0 Å². The lowest BCUT2D eigenvalue weighted by molar-refractivity contribution is -0.219. The van der Waals surface area contributed by atoms with E-state index < -0.39 is 57.8 Å². The Morgan fingerprint density at radius 2 is 1.56 bits per heavy atom. The van der Waals surface area contributed by atoms with Crippen molar-refractivity contribution in [3.8, 4) is 0 Å². The number of esters is 1. The fourth-order valence-electron chi connectivity index (χ4n) is 8.84. The zero-order valence-electron chi connectivity index (χ0n) is 26.0. The predicted molar refractivity (Wildman–Crippen MR) is 160 cm³/mol. The quantitative estimate of drug-likeness (QED) is 0.124. The van der Waals surface area contributed by atoms with E-state index in [0.717, 1.165) is 19.3 Å². The van der Waals surface area contributed by atoms with Gasteiger partial charge in [0, 0.05) is 43.4 Å². The van der Waals surface area contributed by atoms with E-state index in [2.05, 4.69) is 6.92 Å². The van der Waals surface area contributed by atoms with Crippen LogP contribution in [0.4, 0.5) is 0 Å². The van der Waals surface area contributed by atoms with Crippen LogP contribution < -0.4 is 0 Å². The normalized spacial score (nSPS) is 38.8. The summed E-state index contributed by atoms with van der Waals surface area (Å²) in [6.45, 7) is 9.10. The average molecular weight is 577 g/mol. The number of rotatable bonds is 14. The van der Waals surface area contributed by atoms with Gasteiger partial charge in [0.25, 0.3) is 0 Å². The zero-order chi connectivity index (χ0) is 30.2. The molecule has 0 amide bonds. The highest BCUT2D eigenvalue weighted by Gasteiger charge is 2.86. The van der Waals surface area contributed by atoms with Gasteiger partial charge in [0.2, 0.25) is 0 Å². The van der Waals surface area contributed by atoms with E-state index in [1.165, 1.54) is 51.4 Å². The number of hydrogen-bond acceptors (Lipinski definition) is 7. The van der Waals surface area contributed by atoms with Gasteiger partial charge in [-0.2, -0.15) is 0 Å². The van der Waals surface area contributed by atoms with Crippen LogP contribution in [-0.2, 0) is 14.3 Å². The topological polar surface area (TPSA) is 124 Å². The molecule has 4 aliphatic carbocycles. The minimum atomic E-state index is -1.89. The molecule has 1 unspecified atom stereocenters. The van der Waals surface area contributed by atoms with Crippen LogP contribution >= 0.6 is 0 Å². The highest BCUT2D eigenvalue weighted by molar-refractivity contribution is 6.04. The summed E-state index contributed by atoms with van der Waals surface area (Å²) in [5.74, 6) is -3.60. The number of ketones is 1. The number of carbonyl (C=O) groups is 2. The Morgan fingerprint density at radius 3 is 2.12 bits per heavy atom. The third-order valence-electron chi connectivity index (χ3n) is 11.3. The largest absolute Gasteiger partial charge is 0.455 e. The van der Waals surface area contributed by atoms with Crippen molar-refractivity contribution in [2.75, 3.05) is 6.61 Å². The van der Waals surface area contributed by atoms with Gasteiger partial charge in [-0.05, 0) is 24.5 Å². The lowest BCUT2D eigenvalue weighted by atomic mass is 9.59. The highest BCUT2D eigenvalue weighted by atomic mass is 16.6. The number of unbranched alkanes of at least 4 members (excludes halogenated alkanes) is 10. The van der Waals surface area contributed by atoms with Crippen molar-refractivity contribution in [3.05, 3.63) is 23.3 Å². The summed E-state index contributed by atoms with van der Waals surface area (Å²) in [5, 5.41) is 45.9. The van der Waals surface area contributed by atoms with E-state index in [-0.39, 0.29) is 26.8 Å². The number of aliphatic hydroxyl groups is 4. The molecule has 0 heterocycles. The first-order valence-electron chi connectivity index (χ1n) is 16.2. The number of Topliss-reactive ketones (excluding diaryl/α,β-unsaturated/α-hetero) is 1. The molecule has 4 aliphatic rings. The Morgan fingerprint density at radius 1 is 1.00 bits per heavy atom. The molecule has 0 saturated heterocycles. The van der Waals surface area contributed by atoms with Crippen molar-refractivity contribution in [1.82, 2.24) is 0 Å². The maximum atomic E-state index is 13.1. The van der Waals surface area contributed by atoms with Gasteiger partial charge in [-0.15, -0.1) is 0 Å². The summed E-state index contributed by atoms with van der Waals surface area (Å²) in [7, 11) is 0. The summed E-state index contributed by atoms with van der Waals surface area (Å²) in [6.07, 6.45) is 15.5. The molecule has 0 aromatic rings. The van der Waals surface area contributed by atoms with E-state index in [4.69, 9.17) is 4.74 Å². The average Bonchev–Trinajstić information content (AvgIpc) is 3.36. The first-order chi connectivity index (χ1) is 19.3. The van der Waals surface area contributed by atoms with Crippen LogP contribution in [0.25, 0.3) is 0 Å². The van der Waals surface area contributed by atoms with Gasteiger partial charge in [0.05, 0.1) is 18.3 Å². The van der Waals surface area contributed by atoms with Gasteiger partial charge in [-0.3, -0.25) is 9.59 Å². The second kappa shape index (κ2) is 12.2. The van der Waals surface area contributed by atoms with E-state index in [0.29, 0.717) is 11.1 Å². The number of hydrogen-bond donors (Lipinski definition) is 4. The van der Waals surface area contributed by atoms with Crippen LogP contribution in [0.1, 0.15) is 120 Å². The Labute approximate surface area is 247 Å². The molecule has 0 aromatic heterocycles. The van der Waals surface area contributed by atoms with Crippen molar-refractivity contribution < 1.29 is 36.2 Å². The molecule has 7 nitrogen and oxygen atoms in total. The van der Waals surface area contributed by atoms with Crippen LogP contribution in [0.15, 0.2) is 23.3 Å². The lowest BCUT2D eigenvalue weighted by Crippen LogP contribution is -2.65. The van der Waals surface area contributed by atoms with Gasteiger partial charge in [-0.1, -0.05) is 104 Å². The highest BCUT2D eigenvalue weighted by Crippen LogP contribution is 2.76. The summed E-state index contributed by atoms with van der Waals surface area (Å²) >= 11 is 0. The molecule has 7 heteroatoms. The Hall–Kier alpha value is -1.54. The molecule has 0 bridgehead atoms. The van der Waals surface area contributed by atoms with Crippen LogP contribution in [0.2, 0.25) is 0 Å². The van der Waals surface area contributed by atoms with Crippen molar-refractivity contribution in [1.29, 1.82) is 0 Å². The molecule has 0 aromatic carbocycles. The molecule has 8 atom stereocenters. The third kappa shape index (κ3) is 5.27. The Balaban J connectivity index is 0.00000484. The van der Waals surface area contributed by atoms with E-state index in [1.54, 1.807) is 26.0 Å². The monoisotopic (exact) mass is 576 g/mol. The maximum Gasteiger partial charge on any atom is 0.306 e. The second-order valence-electron chi connectivity index (χ2n) is 14.1. The third-order valence-corrected chi connectivity index (χ3v) is 11.3. The first kappa shape index (κ1) is 32.4. The smallest absolute Gasteiger partial charge is 0.306 e. The molecule has 234 valence electrons. The fraction of sp³-hybridized carbons (Fsp3) is 0.824. The molecule has 41 heavy (non-hydrogen) atoms. The van der Waals surface area contributed by atoms with Crippen molar-refractivity contribution >= 4 is 11.8 Å². The minimum Gasteiger partial charge on any atom is -0.455 e. The summed E-state index contributed by atoms with van der Waals surface area (Å²) < 4.78 is 6.19. The van der Waals surface area contributed by atoms with Gasteiger partial charge in [0.15, 0.2) is 5.78 Å². The van der Waals surface area contributed by atoms with Crippen molar-refractivity contribution in [2.45, 2.75) is 141 Å². The van der Waals surface area contributed by atoms with Gasteiger partial charge < -0.3 is 25.2 Å². The first-order valence-corrected chi connectivity index (χ1v) is 16.2. The molecular formula is C34H56O7. The molecule has 4 N–H and O–H groups in total. The van der Waals surface area contributed by atoms with E-state index in [9.17, 15) is 30.0 Å².